The van der Waals surface area contributed by atoms with Gasteiger partial charge in [-0.1, -0.05) is 5.21 Å². The summed E-state index contributed by atoms with van der Waals surface area (Å²) >= 11 is 0. The molecule has 13 heavy (non-hydrogen) atoms. The number of ether oxygens (including phenoxy) is 1. The highest BCUT2D eigenvalue weighted by Gasteiger charge is 2.14. The Bertz CT molecular complexity index is 296. The first kappa shape index (κ1) is 9.66. The Hall–Kier alpha value is -1.43. The molecule has 1 heterocycles. The summed E-state index contributed by atoms with van der Waals surface area (Å²) in [5.74, 6) is -0.349. The zero-order valence-corrected chi connectivity index (χ0v) is 7.60. The topological polar surface area (TPSA) is 83.0 Å². The summed E-state index contributed by atoms with van der Waals surface area (Å²) in [6.07, 6.45) is 1.79. The van der Waals surface area contributed by atoms with E-state index in [1.165, 1.54) is 11.8 Å². The number of aromatic nitrogens is 3. The lowest BCUT2D eigenvalue weighted by Gasteiger charge is -2.04. The molecule has 72 valence electrons. The molecule has 1 aromatic heterocycles. The van der Waals surface area contributed by atoms with Gasteiger partial charge in [-0.25, -0.2) is 0 Å². The molecule has 0 aliphatic rings. The van der Waals surface area contributed by atoms with Crippen molar-refractivity contribution in [3.63, 3.8) is 0 Å². The van der Waals surface area contributed by atoms with Crippen molar-refractivity contribution >= 4 is 5.97 Å². The van der Waals surface area contributed by atoms with Gasteiger partial charge in [0.1, 0.15) is 0 Å². The molecule has 0 saturated carbocycles. The smallest absolute Gasteiger partial charge is 0.307 e. The van der Waals surface area contributed by atoms with Crippen LogP contribution in [0.5, 0.6) is 0 Å². The molecule has 1 rings (SSSR count). The highest BCUT2D eigenvalue weighted by molar-refractivity contribution is 5.70. The van der Waals surface area contributed by atoms with Crippen LogP contribution in [0, 0.1) is 0 Å². The fraction of sp³-hybridized carbons (Fsp3) is 0.571. The summed E-state index contributed by atoms with van der Waals surface area (Å²) in [5, 5.41) is 7.49. The molecular weight excluding hydrogens is 172 g/mol. The SMILES string of the molecule is COC(=O)C[C@H](N)c1cn(C)nn1. The normalized spacial score (nSPS) is 12.5. The number of nitrogens with zero attached hydrogens (tertiary/aromatic N) is 3. The summed E-state index contributed by atoms with van der Waals surface area (Å²) in [6, 6.07) is -0.443. The van der Waals surface area contributed by atoms with Gasteiger partial charge in [-0.15, -0.1) is 5.10 Å². The Morgan fingerprint density at radius 2 is 2.54 bits per heavy atom. The number of hydrogen-bond acceptors (Lipinski definition) is 5. The highest BCUT2D eigenvalue weighted by atomic mass is 16.5. The van der Waals surface area contributed by atoms with Crippen molar-refractivity contribution in [3.05, 3.63) is 11.9 Å². The van der Waals surface area contributed by atoms with Crippen molar-refractivity contribution in [2.75, 3.05) is 7.11 Å². The van der Waals surface area contributed by atoms with Crippen LogP contribution in [0.4, 0.5) is 0 Å². The average molecular weight is 184 g/mol. The quantitative estimate of drug-likeness (QED) is 0.633. The number of carbonyl (C=O) groups is 1. The molecule has 0 aromatic carbocycles. The third kappa shape index (κ3) is 2.51. The second-order valence-corrected chi connectivity index (χ2v) is 2.70. The van der Waals surface area contributed by atoms with Gasteiger partial charge in [-0.05, 0) is 0 Å². The van der Waals surface area contributed by atoms with Gasteiger partial charge < -0.3 is 10.5 Å². The molecule has 0 spiro atoms. The van der Waals surface area contributed by atoms with Crippen LogP contribution >= 0.6 is 0 Å². The lowest BCUT2D eigenvalue weighted by atomic mass is 10.2. The molecule has 0 aliphatic heterocycles. The maximum Gasteiger partial charge on any atom is 0.307 e. The first-order valence-electron chi connectivity index (χ1n) is 3.82. The second-order valence-electron chi connectivity index (χ2n) is 2.70. The molecule has 0 aliphatic carbocycles. The van der Waals surface area contributed by atoms with Crippen LogP contribution in [0.25, 0.3) is 0 Å². The summed E-state index contributed by atoms with van der Waals surface area (Å²) < 4.78 is 6.01. The van der Waals surface area contributed by atoms with Gasteiger partial charge >= 0.3 is 5.97 Å². The molecular formula is C7H12N4O2. The van der Waals surface area contributed by atoms with Crippen LogP contribution < -0.4 is 5.73 Å². The molecule has 0 amide bonds. The number of aryl methyl sites for hydroxylation is 1. The van der Waals surface area contributed by atoms with E-state index < -0.39 is 6.04 Å². The Balaban J connectivity index is 2.58. The Labute approximate surface area is 75.7 Å². The van der Waals surface area contributed by atoms with E-state index in [9.17, 15) is 4.79 Å². The van der Waals surface area contributed by atoms with Gasteiger partial charge in [0, 0.05) is 13.2 Å². The van der Waals surface area contributed by atoms with Crippen molar-refractivity contribution in [2.24, 2.45) is 12.8 Å². The van der Waals surface area contributed by atoms with E-state index in [4.69, 9.17) is 5.73 Å². The predicted octanol–water partition coefficient (Wildman–Crippen LogP) is -0.622. The van der Waals surface area contributed by atoms with Gasteiger partial charge in [-0.3, -0.25) is 9.48 Å². The molecule has 1 atom stereocenters. The molecule has 6 nitrogen and oxygen atoms in total. The molecule has 0 saturated heterocycles. The highest BCUT2D eigenvalue weighted by Crippen LogP contribution is 2.09. The van der Waals surface area contributed by atoms with Gasteiger partial charge in [-0.2, -0.15) is 0 Å². The number of rotatable bonds is 3. The van der Waals surface area contributed by atoms with Gasteiger partial charge in [0.05, 0.1) is 25.3 Å². The standard InChI is InChI=1S/C7H12N4O2/c1-11-4-6(9-10-11)5(8)3-7(12)13-2/h4-5H,3,8H2,1-2H3/t5-/m0/s1. The van der Waals surface area contributed by atoms with Crippen molar-refractivity contribution in [2.45, 2.75) is 12.5 Å². The number of carbonyl (C=O) groups excluding carboxylic acids is 1. The van der Waals surface area contributed by atoms with Gasteiger partial charge in [0.25, 0.3) is 0 Å². The Kier molecular flexibility index (Phi) is 2.97. The molecule has 0 radical (unpaired) electrons. The predicted molar refractivity (Wildman–Crippen MR) is 44.6 cm³/mol. The minimum Gasteiger partial charge on any atom is -0.469 e. The lowest BCUT2D eigenvalue weighted by Crippen LogP contribution is -2.16. The first-order chi connectivity index (χ1) is 6.13. The van der Waals surface area contributed by atoms with E-state index >= 15 is 0 Å². The summed E-state index contributed by atoms with van der Waals surface area (Å²) in [4.78, 5) is 10.8. The Morgan fingerprint density at radius 1 is 1.85 bits per heavy atom. The number of nitrogens with two attached hydrogens (primary N) is 1. The minimum absolute atomic E-state index is 0.120. The summed E-state index contributed by atoms with van der Waals surface area (Å²) in [5.41, 5.74) is 6.26. The van der Waals surface area contributed by atoms with Crippen LogP contribution in [0.2, 0.25) is 0 Å². The van der Waals surface area contributed by atoms with E-state index in [2.05, 4.69) is 15.0 Å². The molecule has 0 bridgehead atoms. The third-order valence-corrected chi connectivity index (χ3v) is 1.61. The van der Waals surface area contributed by atoms with E-state index in [1.54, 1.807) is 13.2 Å². The van der Waals surface area contributed by atoms with E-state index in [0.717, 1.165) is 0 Å². The molecule has 2 N–H and O–H groups in total. The largest absolute Gasteiger partial charge is 0.469 e. The van der Waals surface area contributed by atoms with Crippen LogP contribution in [-0.4, -0.2) is 28.1 Å². The Morgan fingerprint density at radius 3 is 3.00 bits per heavy atom. The van der Waals surface area contributed by atoms with Crippen molar-refractivity contribution in [1.29, 1.82) is 0 Å². The minimum atomic E-state index is -0.443. The van der Waals surface area contributed by atoms with Crippen LogP contribution in [-0.2, 0) is 16.6 Å². The number of esters is 1. The van der Waals surface area contributed by atoms with Gasteiger partial charge in [0.2, 0.25) is 0 Å². The number of hydrogen-bond donors (Lipinski definition) is 1. The first-order valence-corrected chi connectivity index (χ1v) is 3.82. The maximum absolute atomic E-state index is 10.8. The van der Waals surface area contributed by atoms with Crippen molar-refractivity contribution in [1.82, 2.24) is 15.0 Å². The third-order valence-electron chi connectivity index (χ3n) is 1.61. The zero-order valence-electron chi connectivity index (χ0n) is 7.60. The van der Waals surface area contributed by atoms with Crippen LogP contribution in [0.15, 0.2) is 6.20 Å². The molecule has 6 heteroatoms. The molecule has 0 fully saturated rings. The molecule has 1 aromatic rings. The van der Waals surface area contributed by atoms with Crippen molar-refractivity contribution in [3.8, 4) is 0 Å². The fourth-order valence-electron chi connectivity index (χ4n) is 0.903. The van der Waals surface area contributed by atoms with Crippen molar-refractivity contribution < 1.29 is 9.53 Å². The van der Waals surface area contributed by atoms with E-state index in [-0.39, 0.29) is 12.4 Å². The average Bonchev–Trinajstić information content (AvgIpc) is 2.51. The summed E-state index contributed by atoms with van der Waals surface area (Å²) in [6.45, 7) is 0. The maximum atomic E-state index is 10.8. The fourth-order valence-corrected chi connectivity index (χ4v) is 0.903. The zero-order chi connectivity index (χ0) is 9.84. The number of methoxy groups -OCH3 is 1. The van der Waals surface area contributed by atoms with Gasteiger partial charge in [0.15, 0.2) is 0 Å². The molecule has 0 unspecified atom stereocenters. The van der Waals surface area contributed by atoms with Crippen LogP contribution in [0.3, 0.4) is 0 Å². The lowest BCUT2D eigenvalue weighted by molar-refractivity contribution is -0.141. The summed E-state index contributed by atoms with van der Waals surface area (Å²) in [7, 11) is 3.06. The van der Waals surface area contributed by atoms with E-state index in [0.29, 0.717) is 5.69 Å². The monoisotopic (exact) mass is 184 g/mol. The second kappa shape index (κ2) is 3.99. The van der Waals surface area contributed by atoms with E-state index in [1.807, 2.05) is 0 Å². The van der Waals surface area contributed by atoms with Crippen LogP contribution in [0.1, 0.15) is 18.2 Å².